The summed E-state index contributed by atoms with van der Waals surface area (Å²) in [6, 6.07) is 16.2. The highest BCUT2D eigenvalue weighted by atomic mass is 16.7. The van der Waals surface area contributed by atoms with Crippen molar-refractivity contribution in [3.8, 4) is 23.0 Å². The molecule has 6 heteroatoms. The number of ether oxygens (including phenoxy) is 4. The number of hydrogen-bond acceptors (Lipinski definition) is 6. The maximum atomic E-state index is 5.53. The molecule has 0 saturated carbocycles. The van der Waals surface area contributed by atoms with Gasteiger partial charge in [-0.2, -0.15) is 0 Å². The van der Waals surface area contributed by atoms with Crippen molar-refractivity contribution in [3.63, 3.8) is 0 Å². The molecule has 0 spiro atoms. The second-order valence-corrected chi connectivity index (χ2v) is 6.88. The molecule has 150 valence electrons. The Labute approximate surface area is 170 Å². The minimum absolute atomic E-state index is 0.283. The molecule has 0 N–H and O–H groups in total. The maximum absolute atomic E-state index is 5.53. The van der Waals surface area contributed by atoms with E-state index in [1.807, 2.05) is 42.7 Å². The number of nitrogens with zero attached hydrogens (tertiary/aromatic N) is 2. The molecule has 0 atom stereocenters. The summed E-state index contributed by atoms with van der Waals surface area (Å²) < 4.78 is 21.8. The molecule has 3 aromatic rings. The van der Waals surface area contributed by atoms with Gasteiger partial charge in [-0.1, -0.05) is 12.1 Å². The van der Waals surface area contributed by atoms with Crippen LogP contribution in [0.5, 0.6) is 23.0 Å². The fourth-order valence-electron chi connectivity index (χ4n) is 3.45. The molecule has 4 rings (SSSR count). The van der Waals surface area contributed by atoms with E-state index < -0.39 is 0 Å². The van der Waals surface area contributed by atoms with Gasteiger partial charge >= 0.3 is 0 Å². The predicted octanol–water partition coefficient (Wildman–Crippen LogP) is 4.03. The molecule has 6 nitrogen and oxygen atoms in total. The van der Waals surface area contributed by atoms with Crippen molar-refractivity contribution >= 4 is 0 Å². The number of hydrogen-bond donors (Lipinski definition) is 0. The molecule has 2 aromatic carbocycles. The van der Waals surface area contributed by atoms with Crippen LogP contribution in [0.15, 0.2) is 60.9 Å². The van der Waals surface area contributed by atoms with Crippen molar-refractivity contribution in [2.45, 2.75) is 19.6 Å². The first-order valence-electron chi connectivity index (χ1n) is 9.46. The first kappa shape index (κ1) is 19.1. The lowest BCUT2D eigenvalue weighted by Gasteiger charge is -2.23. The lowest BCUT2D eigenvalue weighted by atomic mass is 10.1. The monoisotopic (exact) mass is 392 g/mol. The summed E-state index contributed by atoms with van der Waals surface area (Å²) in [6.45, 7) is 2.61. The third kappa shape index (κ3) is 4.60. The van der Waals surface area contributed by atoms with Gasteiger partial charge in [0.15, 0.2) is 23.0 Å². The highest BCUT2D eigenvalue weighted by Gasteiger charge is 2.16. The molecule has 1 aromatic heterocycles. The average Bonchev–Trinajstić information content (AvgIpc) is 3.22. The van der Waals surface area contributed by atoms with Gasteiger partial charge in [0.2, 0.25) is 6.79 Å². The van der Waals surface area contributed by atoms with E-state index in [0.717, 1.165) is 48.2 Å². The first-order chi connectivity index (χ1) is 14.2. The van der Waals surface area contributed by atoms with Gasteiger partial charge in [0.05, 0.1) is 14.2 Å². The molecule has 29 heavy (non-hydrogen) atoms. The molecule has 2 heterocycles. The zero-order valence-corrected chi connectivity index (χ0v) is 16.6. The van der Waals surface area contributed by atoms with Crippen molar-refractivity contribution < 1.29 is 18.9 Å². The largest absolute Gasteiger partial charge is 0.493 e. The van der Waals surface area contributed by atoms with Crippen LogP contribution in [0.4, 0.5) is 0 Å². The van der Waals surface area contributed by atoms with E-state index in [4.69, 9.17) is 18.9 Å². The zero-order valence-electron chi connectivity index (χ0n) is 16.6. The maximum Gasteiger partial charge on any atom is 0.231 e. The standard InChI is InChI=1S/C23H24N2O4/c1-26-20-5-3-18(11-22(20)27-2)14-25(13-17-7-9-24-10-8-17)15-19-4-6-21-23(12-19)29-16-28-21/h3-12H,13-16H2,1-2H3. The Bertz CT molecular complexity index is 962. The Morgan fingerprint density at radius 3 is 2.17 bits per heavy atom. The Balaban J connectivity index is 1.56. The first-order valence-corrected chi connectivity index (χ1v) is 9.46. The number of benzene rings is 2. The van der Waals surface area contributed by atoms with Gasteiger partial charge in [-0.25, -0.2) is 0 Å². The normalized spacial score (nSPS) is 12.2. The number of fused-ring (bicyclic) bond motifs is 1. The van der Waals surface area contributed by atoms with Gasteiger partial charge in [-0.15, -0.1) is 0 Å². The summed E-state index contributed by atoms with van der Waals surface area (Å²) in [4.78, 5) is 6.49. The van der Waals surface area contributed by atoms with Crippen molar-refractivity contribution in [3.05, 3.63) is 77.6 Å². The minimum Gasteiger partial charge on any atom is -0.493 e. The Morgan fingerprint density at radius 2 is 1.41 bits per heavy atom. The molecule has 0 fully saturated rings. The van der Waals surface area contributed by atoms with Gasteiger partial charge in [-0.3, -0.25) is 9.88 Å². The summed E-state index contributed by atoms with van der Waals surface area (Å²) >= 11 is 0. The average molecular weight is 392 g/mol. The summed E-state index contributed by atoms with van der Waals surface area (Å²) in [6.07, 6.45) is 3.65. The molecular weight excluding hydrogens is 368 g/mol. The highest BCUT2D eigenvalue weighted by molar-refractivity contribution is 5.45. The van der Waals surface area contributed by atoms with Crippen LogP contribution < -0.4 is 18.9 Å². The molecule has 0 amide bonds. The summed E-state index contributed by atoms with van der Waals surface area (Å²) in [5.41, 5.74) is 3.53. The second kappa shape index (κ2) is 8.84. The van der Waals surface area contributed by atoms with Crippen LogP contribution in [0.3, 0.4) is 0 Å². The van der Waals surface area contributed by atoms with Crippen LogP contribution >= 0.6 is 0 Å². The summed E-state index contributed by atoms with van der Waals surface area (Å²) in [5, 5.41) is 0. The van der Waals surface area contributed by atoms with Crippen LogP contribution in [0.2, 0.25) is 0 Å². The van der Waals surface area contributed by atoms with Gasteiger partial charge in [-0.05, 0) is 53.1 Å². The molecular formula is C23H24N2O4. The van der Waals surface area contributed by atoms with E-state index in [9.17, 15) is 0 Å². The number of rotatable bonds is 8. The van der Waals surface area contributed by atoms with E-state index in [0.29, 0.717) is 0 Å². The number of aromatic nitrogens is 1. The van der Waals surface area contributed by atoms with E-state index in [-0.39, 0.29) is 6.79 Å². The molecule has 1 aliphatic heterocycles. The van der Waals surface area contributed by atoms with Crippen LogP contribution in [0.25, 0.3) is 0 Å². The van der Waals surface area contributed by atoms with Crippen molar-refractivity contribution in [1.82, 2.24) is 9.88 Å². The third-order valence-corrected chi connectivity index (χ3v) is 4.85. The highest BCUT2D eigenvalue weighted by Crippen LogP contribution is 2.33. The van der Waals surface area contributed by atoms with Crippen molar-refractivity contribution in [1.29, 1.82) is 0 Å². The zero-order chi connectivity index (χ0) is 20.1. The van der Waals surface area contributed by atoms with Gasteiger partial charge in [0.1, 0.15) is 0 Å². The Morgan fingerprint density at radius 1 is 0.759 bits per heavy atom. The van der Waals surface area contributed by atoms with Crippen LogP contribution in [0, 0.1) is 0 Å². The minimum atomic E-state index is 0.283. The van der Waals surface area contributed by atoms with Crippen LogP contribution in [-0.4, -0.2) is 30.9 Å². The smallest absolute Gasteiger partial charge is 0.231 e. The molecule has 1 aliphatic rings. The Kier molecular flexibility index (Phi) is 5.81. The van der Waals surface area contributed by atoms with Gasteiger partial charge in [0, 0.05) is 32.0 Å². The van der Waals surface area contributed by atoms with E-state index in [1.165, 1.54) is 11.1 Å². The van der Waals surface area contributed by atoms with Crippen LogP contribution in [-0.2, 0) is 19.6 Å². The second-order valence-electron chi connectivity index (χ2n) is 6.88. The van der Waals surface area contributed by atoms with Crippen LogP contribution in [0.1, 0.15) is 16.7 Å². The quantitative estimate of drug-likeness (QED) is 0.577. The fourth-order valence-corrected chi connectivity index (χ4v) is 3.45. The molecule has 0 radical (unpaired) electrons. The SMILES string of the molecule is COc1ccc(CN(Cc2ccncc2)Cc2ccc3c(c2)OCO3)cc1OC. The summed E-state index contributed by atoms with van der Waals surface area (Å²) in [7, 11) is 3.30. The van der Waals surface area contributed by atoms with E-state index in [1.54, 1.807) is 14.2 Å². The number of methoxy groups -OCH3 is 2. The van der Waals surface area contributed by atoms with Gasteiger partial charge < -0.3 is 18.9 Å². The number of pyridine rings is 1. The van der Waals surface area contributed by atoms with Gasteiger partial charge in [0.25, 0.3) is 0 Å². The van der Waals surface area contributed by atoms with Crippen molar-refractivity contribution in [2.24, 2.45) is 0 Å². The molecule has 0 aliphatic carbocycles. The molecule has 0 saturated heterocycles. The predicted molar refractivity (Wildman–Crippen MR) is 109 cm³/mol. The fraction of sp³-hybridized carbons (Fsp3) is 0.261. The lowest BCUT2D eigenvalue weighted by molar-refractivity contribution is 0.174. The Hall–Kier alpha value is -3.25. The molecule has 0 bridgehead atoms. The van der Waals surface area contributed by atoms with Crippen molar-refractivity contribution in [2.75, 3.05) is 21.0 Å². The summed E-state index contributed by atoms with van der Waals surface area (Å²) in [5.74, 6) is 3.07. The van der Waals surface area contributed by atoms with E-state index >= 15 is 0 Å². The topological polar surface area (TPSA) is 53.1 Å². The molecule has 0 unspecified atom stereocenters. The third-order valence-electron chi connectivity index (χ3n) is 4.85. The van der Waals surface area contributed by atoms with E-state index in [2.05, 4.69) is 28.1 Å². The lowest BCUT2D eigenvalue weighted by Crippen LogP contribution is -2.22.